The van der Waals surface area contributed by atoms with E-state index in [4.69, 9.17) is 5.73 Å². The number of nitrogens with one attached hydrogen (secondary N) is 2. The van der Waals surface area contributed by atoms with Crippen LogP contribution in [-0.4, -0.2) is 17.9 Å². The Balaban J connectivity index is 1.95. The summed E-state index contributed by atoms with van der Waals surface area (Å²) in [5, 5.41) is 7.46. The van der Waals surface area contributed by atoms with Gasteiger partial charge in [-0.25, -0.2) is 0 Å². The fraction of sp³-hybridized carbons (Fsp3) is 0.250. The molecule has 2 aromatic rings. The molecule has 0 spiro atoms. The molecule has 0 saturated heterocycles. The monoisotopic (exact) mass is 317 g/mol. The van der Waals surface area contributed by atoms with Gasteiger partial charge in [-0.3, -0.25) is 9.59 Å². The first-order valence-electron chi connectivity index (χ1n) is 7.05. The average Bonchev–Trinajstić information content (AvgIpc) is 3.00. The van der Waals surface area contributed by atoms with Crippen molar-refractivity contribution >= 4 is 34.5 Å². The van der Waals surface area contributed by atoms with E-state index in [0.29, 0.717) is 29.1 Å². The van der Waals surface area contributed by atoms with E-state index in [1.54, 1.807) is 30.3 Å². The number of carbonyl (C=O) groups is 2. The Labute approximate surface area is 133 Å². The number of amides is 2. The van der Waals surface area contributed by atoms with Crippen molar-refractivity contribution in [2.75, 3.05) is 10.6 Å². The summed E-state index contributed by atoms with van der Waals surface area (Å²) in [5.41, 5.74) is 6.93. The normalized spacial score (nSPS) is 11.7. The van der Waals surface area contributed by atoms with Crippen molar-refractivity contribution in [3.63, 3.8) is 0 Å². The van der Waals surface area contributed by atoms with Crippen LogP contribution in [0.25, 0.3) is 0 Å². The SMILES string of the molecule is CC(N)CCC(=O)Nc1cccc(NC(=O)c2cccs2)c1. The number of rotatable bonds is 6. The second kappa shape index (κ2) is 7.72. The molecule has 0 aliphatic heterocycles. The van der Waals surface area contributed by atoms with Crippen molar-refractivity contribution in [1.82, 2.24) is 0 Å². The molecule has 2 rings (SSSR count). The number of thiophene rings is 1. The lowest BCUT2D eigenvalue weighted by molar-refractivity contribution is -0.116. The summed E-state index contributed by atoms with van der Waals surface area (Å²) >= 11 is 1.38. The van der Waals surface area contributed by atoms with Gasteiger partial charge in [0.25, 0.3) is 5.91 Å². The summed E-state index contributed by atoms with van der Waals surface area (Å²) in [4.78, 5) is 24.4. The smallest absolute Gasteiger partial charge is 0.265 e. The summed E-state index contributed by atoms with van der Waals surface area (Å²) in [5.74, 6) is -0.241. The number of carbonyl (C=O) groups excluding carboxylic acids is 2. The molecule has 1 aromatic carbocycles. The van der Waals surface area contributed by atoms with Crippen molar-refractivity contribution in [1.29, 1.82) is 0 Å². The summed E-state index contributed by atoms with van der Waals surface area (Å²) in [7, 11) is 0. The van der Waals surface area contributed by atoms with Gasteiger partial charge in [0, 0.05) is 23.8 Å². The molecule has 0 radical (unpaired) electrons. The number of anilines is 2. The number of nitrogens with two attached hydrogens (primary N) is 1. The standard InChI is InChI=1S/C16H19N3O2S/c1-11(17)7-8-15(20)18-12-4-2-5-13(10-12)19-16(21)14-6-3-9-22-14/h2-6,9-11H,7-8,17H2,1H3,(H,18,20)(H,19,21). The maximum atomic E-state index is 12.0. The molecule has 2 amide bonds. The third kappa shape index (κ3) is 4.98. The minimum Gasteiger partial charge on any atom is -0.328 e. The largest absolute Gasteiger partial charge is 0.328 e. The number of hydrogen-bond acceptors (Lipinski definition) is 4. The first kappa shape index (κ1) is 16.2. The van der Waals surface area contributed by atoms with Crippen LogP contribution in [0.4, 0.5) is 11.4 Å². The predicted molar refractivity (Wildman–Crippen MR) is 90.2 cm³/mol. The first-order valence-corrected chi connectivity index (χ1v) is 7.93. The Morgan fingerprint density at radius 1 is 1.18 bits per heavy atom. The van der Waals surface area contributed by atoms with E-state index >= 15 is 0 Å². The summed E-state index contributed by atoms with van der Waals surface area (Å²) in [6, 6.07) is 10.7. The molecule has 1 atom stereocenters. The highest BCUT2D eigenvalue weighted by molar-refractivity contribution is 7.12. The third-order valence-electron chi connectivity index (χ3n) is 2.98. The molecule has 4 N–H and O–H groups in total. The molecular weight excluding hydrogens is 298 g/mol. The fourth-order valence-electron chi connectivity index (χ4n) is 1.86. The molecule has 0 saturated carbocycles. The molecule has 0 aliphatic carbocycles. The first-order chi connectivity index (χ1) is 10.5. The van der Waals surface area contributed by atoms with Crippen molar-refractivity contribution in [2.24, 2.45) is 5.73 Å². The molecule has 0 aliphatic rings. The topological polar surface area (TPSA) is 84.2 Å². The van der Waals surface area contributed by atoms with Crippen LogP contribution in [0.1, 0.15) is 29.4 Å². The van der Waals surface area contributed by atoms with E-state index in [2.05, 4.69) is 10.6 Å². The van der Waals surface area contributed by atoms with Gasteiger partial charge in [0.1, 0.15) is 0 Å². The van der Waals surface area contributed by atoms with Crippen LogP contribution in [0.3, 0.4) is 0 Å². The molecule has 1 aromatic heterocycles. The molecular formula is C16H19N3O2S. The zero-order valence-electron chi connectivity index (χ0n) is 12.3. The van der Waals surface area contributed by atoms with Crippen LogP contribution < -0.4 is 16.4 Å². The quantitative estimate of drug-likeness (QED) is 0.765. The summed E-state index contributed by atoms with van der Waals surface area (Å²) in [6.07, 6.45) is 1.02. The Bertz CT molecular complexity index is 639. The Morgan fingerprint density at radius 3 is 2.55 bits per heavy atom. The Hall–Kier alpha value is -2.18. The van der Waals surface area contributed by atoms with E-state index in [1.807, 2.05) is 18.4 Å². The molecule has 1 heterocycles. The Morgan fingerprint density at radius 2 is 1.91 bits per heavy atom. The van der Waals surface area contributed by atoms with Crippen molar-refractivity contribution in [2.45, 2.75) is 25.8 Å². The van der Waals surface area contributed by atoms with Crippen LogP contribution in [0.5, 0.6) is 0 Å². The molecule has 1 unspecified atom stereocenters. The van der Waals surface area contributed by atoms with E-state index in [1.165, 1.54) is 11.3 Å². The van der Waals surface area contributed by atoms with Gasteiger partial charge < -0.3 is 16.4 Å². The van der Waals surface area contributed by atoms with Crippen LogP contribution in [0, 0.1) is 0 Å². The van der Waals surface area contributed by atoms with E-state index < -0.39 is 0 Å². The number of hydrogen-bond donors (Lipinski definition) is 3. The molecule has 22 heavy (non-hydrogen) atoms. The maximum absolute atomic E-state index is 12.0. The molecule has 116 valence electrons. The van der Waals surface area contributed by atoms with Crippen molar-refractivity contribution in [3.8, 4) is 0 Å². The second-order valence-electron chi connectivity index (χ2n) is 5.08. The van der Waals surface area contributed by atoms with Gasteiger partial charge in [-0.1, -0.05) is 12.1 Å². The van der Waals surface area contributed by atoms with Crippen LogP contribution in [0.2, 0.25) is 0 Å². The van der Waals surface area contributed by atoms with E-state index in [-0.39, 0.29) is 17.9 Å². The van der Waals surface area contributed by atoms with Crippen molar-refractivity contribution in [3.05, 3.63) is 46.7 Å². The van der Waals surface area contributed by atoms with Crippen LogP contribution in [-0.2, 0) is 4.79 Å². The Kier molecular flexibility index (Phi) is 5.68. The van der Waals surface area contributed by atoms with E-state index in [0.717, 1.165) is 0 Å². The highest BCUT2D eigenvalue weighted by atomic mass is 32.1. The second-order valence-corrected chi connectivity index (χ2v) is 6.02. The third-order valence-corrected chi connectivity index (χ3v) is 3.84. The minimum absolute atomic E-state index is 0.00201. The highest BCUT2D eigenvalue weighted by Crippen LogP contribution is 2.18. The number of benzene rings is 1. The lowest BCUT2D eigenvalue weighted by atomic mass is 10.2. The summed E-state index contributed by atoms with van der Waals surface area (Å²) in [6.45, 7) is 1.87. The van der Waals surface area contributed by atoms with Crippen molar-refractivity contribution < 1.29 is 9.59 Å². The zero-order valence-corrected chi connectivity index (χ0v) is 13.2. The highest BCUT2D eigenvalue weighted by Gasteiger charge is 2.08. The fourth-order valence-corrected chi connectivity index (χ4v) is 2.48. The van der Waals surface area contributed by atoms with E-state index in [9.17, 15) is 9.59 Å². The van der Waals surface area contributed by atoms with Gasteiger partial charge in [-0.15, -0.1) is 11.3 Å². The maximum Gasteiger partial charge on any atom is 0.265 e. The van der Waals surface area contributed by atoms with Gasteiger partial charge in [0.15, 0.2) is 0 Å². The average molecular weight is 317 g/mol. The molecule has 0 bridgehead atoms. The predicted octanol–water partition coefficient (Wildman–Crippen LogP) is 3.07. The van der Waals surface area contributed by atoms with Gasteiger partial charge in [-0.2, -0.15) is 0 Å². The summed E-state index contributed by atoms with van der Waals surface area (Å²) < 4.78 is 0. The minimum atomic E-state index is -0.157. The lowest BCUT2D eigenvalue weighted by Crippen LogP contribution is -2.19. The van der Waals surface area contributed by atoms with Crippen LogP contribution >= 0.6 is 11.3 Å². The molecule has 6 heteroatoms. The van der Waals surface area contributed by atoms with Gasteiger partial charge in [-0.05, 0) is 43.0 Å². The van der Waals surface area contributed by atoms with Gasteiger partial charge in [0.05, 0.1) is 4.88 Å². The van der Waals surface area contributed by atoms with Gasteiger partial charge >= 0.3 is 0 Å². The van der Waals surface area contributed by atoms with Gasteiger partial charge in [0.2, 0.25) is 5.91 Å². The molecule has 5 nitrogen and oxygen atoms in total. The van der Waals surface area contributed by atoms with Crippen LogP contribution in [0.15, 0.2) is 41.8 Å². The molecule has 0 fully saturated rings. The zero-order chi connectivity index (χ0) is 15.9. The lowest BCUT2D eigenvalue weighted by Gasteiger charge is -2.09.